The Kier molecular flexibility index (Phi) is 7.12. The van der Waals surface area contributed by atoms with E-state index in [1.54, 1.807) is 25.1 Å². The van der Waals surface area contributed by atoms with Crippen molar-refractivity contribution < 1.29 is 23.8 Å². The van der Waals surface area contributed by atoms with Crippen LogP contribution in [-0.4, -0.2) is 31.2 Å². The third kappa shape index (κ3) is 5.41. The fraction of sp³-hybridized carbons (Fsp3) is 0.333. The molecule has 0 saturated heterocycles. The third-order valence-corrected chi connectivity index (χ3v) is 5.00. The number of rotatable bonds is 7. The van der Waals surface area contributed by atoms with Crippen LogP contribution < -0.4 is 14.8 Å². The van der Waals surface area contributed by atoms with E-state index < -0.39 is 12.1 Å². The number of para-hydroxylation sites is 1. The number of hydrogen-bond donors (Lipinski definition) is 1. The maximum atomic E-state index is 12.5. The van der Waals surface area contributed by atoms with Gasteiger partial charge in [0.2, 0.25) is 0 Å². The van der Waals surface area contributed by atoms with Crippen LogP contribution in [0.25, 0.3) is 6.08 Å². The average Bonchev–Trinajstić information content (AvgIpc) is 2.77. The highest BCUT2D eigenvalue weighted by atomic mass is 16.6. The van der Waals surface area contributed by atoms with E-state index in [-0.39, 0.29) is 5.91 Å². The normalized spacial score (nSPS) is 14.8. The lowest BCUT2D eigenvalue weighted by atomic mass is 9.97. The molecule has 1 aliphatic rings. The summed E-state index contributed by atoms with van der Waals surface area (Å²) in [5, 5.41) is 2.87. The zero-order valence-corrected chi connectivity index (χ0v) is 17.5. The number of carbonyl (C=O) groups excluding carboxylic acids is 2. The highest BCUT2D eigenvalue weighted by molar-refractivity contribution is 5.97. The summed E-state index contributed by atoms with van der Waals surface area (Å²) in [7, 11) is 0. The molecule has 30 heavy (non-hydrogen) atoms. The van der Waals surface area contributed by atoms with Crippen molar-refractivity contribution in [3.05, 3.63) is 59.7 Å². The number of benzene rings is 2. The van der Waals surface area contributed by atoms with Gasteiger partial charge in [-0.2, -0.15) is 0 Å². The molecular formula is C24H27NO5. The molecule has 2 atom stereocenters. The standard InChI is InChI=1S/C24H27NO5/c1-4-16(2)19-7-5-6-8-20(19)25-24(27)17(3)30-23(26)12-10-18-9-11-21-22(15-18)29-14-13-28-21/h5-12,15-17H,4,13-14H2,1-3H3,(H,25,27)/b12-10+/t16-,17-/m0/s1. The van der Waals surface area contributed by atoms with Gasteiger partial charge in [0.05, 0.1) is 0 Å². The molecule has 0 aliphatic carbocycles. The van der Waals surface area contributed by atoms with Crippen LogP contribution in [0.2, 0.25) is 0 Å². The molecular weight excluding hydrogens is 382 g/mol. The molecule has 0 aromatic heterocycles. The van der Waals surface area contributed by atoms with Gasteiger partial charge < -0.3 is 19.5 Å². The zero-order valence-electron chi connectivity index (χ0n) is 17.5. The molecule has 0 saturated carbocycles. The van der Waals surface area contributed by atoms with Crippen LogP contribution in [0.15, 0.2) is 48.5 Å². The molecule has 2 aromatic carbocycles. The van der Waals surface area contributed by atoms with E-state index in [1.165, 1.54) is 6.08 Å². The summed E-state index contributed by atoms with van der Waals surface area (Å²) in [5.74, 6) is 0.677. The van der Waals surface area contributed by atoms with Gasteiger partial charge in [0, 0.05) is 11.8 Å². The monoisotopic (exact) mass is 409 g/mol. The van der Waals surface area contributed by atoms with Gasteiger partial charge in [0.1, 0.15) is 13.2 Å². The predicted molar refractivity (Wildman–Crippen MR) is 116 cm³/mol. The summed E-state index contributed by atoms with van der Waals surface area (Å²) >= 11 is 0. The van der Waals surface area contributed by atoms with Gasteiger partial charge in [0.25, 0.3) is 5.91 Å². The van der Waals surface area contributed by atoms with Gasteiger partial charge in [-0.15, -0.1) is 0 Å². The van der Waals surface area contributed by atoms with Crippen LogP contribution in [-0.2, 0) is 14.3 Å². The fourth-order valence-electron chi connectivity index (χ4n) is 3.09. The van der Waals surface area contributed by atoms with Crippen molar-refractivity contribution >= 4 is 23.6 Å². The van der Waals surface area contributed by atoms with Gasteiger partial charge in [-0.3, -0.25) is 4.79 Å². The van der Waals surface area contributed by atoms with E-state index in [4.69, 9.17) is 14.2 Å². The minimum absolute atomic E-state index is 0.313. The highest BCUT2D eigenvalue weighted by Gasteiger charge is 2.19. The quantitative estimate of drug-likeness (QED) is 0.536. The number of carbonyl (C=O) groups is 2. The number of fused-ring (bicyclic) bond motifs is 1. The summed E-state index contributed by atoms with van der Waals surface area (Å²) in [5.41, 5.74) is 2.58. The molecule has 0 unspecified atom stereocenters. The number of anilines is 1. The Labute approximate surface area is 176 Å². The second-order valence-corrected chi connectivity index (χ2v) is 7.20. The predicted octanol–water partition coefficient (Wildman–Crippen LogP) is 4.55. The Morgan fingerprint density at radius 3 is 2.60 bits per heavy atom. The number of nitrogens with one attached hydrogen (secondary N) is 1. The maximum Gasteiger partial charge on any atom is 0.331 e. The summed E-state index contributed by atoms with van der Waals surface area (Å²) < 4.78 is 16.3. The molecule has 1 N–H and O–H groups in total. The Morgan fingerprint density at radius 2 is 1.83 bits per heavy atom. The van der Waals surface area contributed by atoms with Crippen molar-refractivity contribution in [3.8, 4) is 11.5 Å². The summed E-state index contributed by atoms with van der Waals surface area (Å²) in [4.78, 5) is 24.7. The second kappa shape index (κ2) is 9.96. The first-order chi connectivity index (χ1) is 14.5. The van der Waals surface area contributed by atoms with E-state index in [1.807, 2.05) is 30.3 Å². The first-order valence-electron chi connectivity index (χ1n) is 10.2. The molecule has 0 spiro atoms. The molecule has 6 nitrogen and oxygen atoms in total. The topological polar surface area (TPSA) is 73.9 Å². The second-order valence-electron chi connectivity index (χ2n) is 7.20. The lowest BCUT2D eigenvalue weighted by molar-refractivity contribution is -0.148. The van der Waals surface area contributed by atoms with E-state index in [0.29, 0.717) is 30.6 Å². The van der Waals surface area contributed by atoms with E-state index in [2.05, 4.69) is 19.2 Å². The molecule has 1 amide bonds. The van der Waals surface area contributed by atoms with Crippen molar-refractivity contribution in [3.63, 3.8) is 0 Å². The van der Waals surface area contributed by atoms with Crippen molar-refractivity contribution in [2.75, 3.05) is 18.5 Å². The number of esters is 1. The lowest BCUT2D eigenvalue weighted by Crippen LogP contribution is -2.29. The van der Waals surface area contributed by atoms with Crippen molar-refractivity contribution in [2.24, 2.45) is 0 Å². The molecule has 3 rings (SSSR count). The molecule has 6 heteroatoms. The first kappa shape index (κ1) is 21.4. The Hall–Kier alpha value is -3.28. The lowest BCUT2D eigenvalue weighted by Gasteiger charge is -2.18. The third-order valence-electron chi connectivity index (χ3n) is 5.00. The first-order valence-corrected chi connectivity index (χ1v) is 10.2. The Bertz CT molecular complexity index is 937. The molecule has 0 radical (unpaired) electrons. The summed E-state index contributed by atoms with van der Waals surface area (Å²) in [6.45, 7) is 6.78. The van der Waals surface area contributed by atoms with Crippen LogP contribution in [0.1, 0.15) is 44.2 Å². The van der Waals surface area contributed by atoms with E-state index in [0.717, 1.165) is 23.2 Å². The number of ether oxygens (including phenoxy) is 3. The van der Waals surface area contributed by atoms with E-state index >= 15 is 0 Å². The minimum Gasteiger partial charge on any atom is -0.486 e. The van der Waals surface area contributed by atoms with Crippen molar-refractivity contribution in [1.29, 1.82) is 0 Å². The number of hydrogen-bond acceptors (Lipinski definition) is 5. The van der Waals surface area contributed by atoms with Gasteiger partial charge in [-0.1, -0.05) is 38.1 Å². The zero-order chi connectivity index (χ0) is 21.5. The Balaban J connectivity index is 1.58. The number of amides is 1. The Morgan fingerprint density at radius 1 is 1.10 bits per heavy atom. The maximum absolute atomic E-state index is 12.5. The van der Waals surface area contributed by atoms with Crippen LogP contribution >= 0.6 is 0 Å². The van der Waals surface area contributed by atoms with E-state index in [9.17, 15) is 9.59 Å². The largest absolute Gasteiger partial charge is 0.486 e. The van der Waals surface area contributed by atoms with Crippen LogP contribution in [0.4, 0.5) is 5.69 Å². The highest BCUT2D eigenvalue weighted by Crippen LogP contribution is 2.31. The smallest absolute Gasteiger partial charge is 0.331 e. The van der Waals surface area contributed by atoms with Crippen LogP contribution in [0, 0.1) is 0 Å². The fourth-order valence-corrected chi connectivity index (χ4v) is 3.09. The van der Waals surface area contributed by atoms with Crippen LogP contribution in [0.3, 0.4) is 0 Å². The van der Waals surface area contributed by atoms with Crippen LogP contribution in [0.5, 0.6) is 11.5 Å². The minimum atomic E-state index is -0.924. The summed E-state index contributed by atoms with van der Waals surface area (Å²) in [6.07, 6.45) is 2.95. The van der Waals surface area contributed by atoms with Crippen molar-refractivity contribution in [1.82, 2.24) is 0 Å². The van der Waals surface area contributed by atoms with Crippen molar-refractivity contribution in [2.45, 2.75) is 39.2 Å². The van der Waals surface area contributed by atoms with Gasteiger partial charge in [-0.05, 0) is 54.7 Å². The SMILES string of the molecule is CC[C@H](C)c1ccccc1NC(=O)[C@H](C)OC(=O)/C=C/c1ccc2c(c1)OCCO2. The van der Waals surface area contributed by atoms with Gasteiger partial charge in [-0.25, -0.2) is 4.79 Å². The molecule has 158 valence electrons. The molecule has 1 aliphatic heterocycles. The molecule has 2 aromatic rings. The molecule has 0 bridgehead atoms. The van der Waals surface area contributed by atoms with Gasteiger partial charge >= 0.3 is 5.97 Å². The summed E-state index contributed by atoms with van der Waals surface area (Å²) in [6, 6.07) is 13.1. The molecule has 1 heterocycles. The molecule has 0 fully saturated rings. The average molecular weight is 409 g/mol. The van der Waals surface area contributed by atoms with Gasteiger partial charge in [0.15, 0.2) is 17.6 Å².